The van der Waals surface area contributed by atoms with E-state index in [0.717, 1.165) is 23.2 Å². The SMILES string of the molecule is Cc1cc(F)ccc1C(O)C1Cc2ccccc2N1. The van der Waals surface area contributed by atoms with E-state index in [0.29, 0.717) is 0 Å². The van der Waals surface area contributed by atoms with Crippen LogP contribution in [-0.4, -0.2) is 11.1 Å². The monoisotopic (exact) mass is 257 g/mol. The van der Waals surface area contributed by atoms with Crippen molar-refractivity contribution >= 4 is 5.69 Å². The number of halogens is 1. The first-order valence-electron chi connectivity index (χ1n) is 6.44. The van der Waals surface area contributed by atoms with Crippen LogP contribution in [0.25, 0.3) is 0 Å². The Morgan fingerprint density at radius 2 is 2.05 bits per heavy atom. The molecule has 0 aromatic heterocycles. The summed E-state index contributed by atoms with van der Waals surface area (Å²) in [4.78, 5) is 0. The molecule has 0 radical (unpaired) electrons. The third-order valence-electron chi connectivity index (χ3n) is 3.73. The molecule has 19 heavy (non-hydrogen) atoms. The van der Waals surface area contributed by atoms with Crippen molar-refractivity contribution in [2.75, 3.05) is 5.32 Å². The topological polar surface area (TPSA) is 32.3 Å². The van der Waals surface area contributed by atoms with Crippen LogP contribution in [-0.2, 0) is 6.42 Å². The predicted octanol–water partition coefficient (Wildman–Crippen LogP) is 3.20. The van der Waals surface area contributed by atoms with Crippen LogP contribution >= 0.6 is 0 Å². The first kappa shape index (κ1) is 12.2. The maximum absolute atomic E-state index is 13.1. The van der Waals surface area contributed by atoms with Gasteiger partial charge in [-0.3, -0.25) is 0 Å². The molecular weight excluding hydrogens is 241 g/mol. The Morgan fingerprint density at radius 1 is 1.26 bits per heavy atom. The number of anilines is 1. The fourth-order valence-electron chi connectivity index (χ4n) is 2.71. The van der Waals surface area contributed by atoms with Crippen LogP contribution in [0.15, 0.2) is 42.5 Å². The third kappa shape index (κ3) is 2.22. The van der Waals surface area contributed by atoms with Gasteiger partial charge in [0.2, 0.25) is 0 Å². The number of rotatable bonds is 2. The summed E-state index contributed by atoms with van der Waals surface area (Å²) in [5.41, 5.74) is 3.86. The van der Waals surface area contributed by atoms with Crippen LogP contribution in [0.2, 0.25) is 0 Å². The van der Waals surface area contributed by atoms with Crippen LogP contribution in [0, 0.1) is 12.7 Å². The van der Waals surface area contributed by atoms with E-state index in [1.165, 1.54) is 17.7 Å². The molecule has 1 aliphatic heterocycles. The predicted molar refractivity (Wildman–Crippen MR) is 73.7 cm³/mol. The van der Waals surface area contributed by atoms with Gasteiger partial charge in [0, 0.05) is 5.69 Å². The van der Waals surface area contributed by atoms with Crippen molar-refractivity contribution in [3.05, 3.63) is 65.0 Å². The lowest BCUT2D eigenvalue weighted by molar-refractivity contribution is 0.156. The number of nitrogens with one attached hydrogen (secondary N) is 1. The molecule has 2 unspecified atom stereocenters. The Labute approximate surface area is 111 Å². The highest BCUT2D eigenvalue weighted by atomic mass is 19.1. The number of hydrogen-bond acceptors (Lipinski definition) is 2. The molecule has 0 amide bonds. The molecule has 0 aliphatic carbocycles. The largest absolute Gasteiger partial charge is 0.386 e. The number of aryl methyl sites for hydroxylation is 1. The van der Waals surface area contributed by atoms with Crippen LogP contribution < -0.4 is 5.32 Å². The average molecular weight is 257 g/mol. The first-order valence-corrected chi connectivity index (χ1v) is 6.44. The van der Waals surface area contributed by atoms with Crippen molar-refractivity contribution < 1.29 is 9.50 Å². The highest BCUT2D eigenvalue weighted by molar-refractivity contribution is 5.57. The van der Waals surface area contributed by atoms with Crippen LogP contribution in [0.1, 0.15) is 22.8 Å². The average Bonchev–Trinajstić information content (AvgIpc) is 2.81. The van der Waals surface area contributed by atoms with Gasteiger partial charge in [-0.05, 0) is 48.2 Å². The van der Waals surface area contributed by atoms with Gasteiger partial charge < -0.3 is 10.4 Å². The molecular formula is C16H16FNO. The number of hydrogen-bond donors (Lipinski definition) is 2. The Hall–Kier alpha value is -1.87. The smallest absolute Gasteiger partial charge is 0.123 e. The summed E-state index contributed by atoms with van der Waals surface area (Å²) in [6.45, 7) is 1.82. The normalized spacial score (nSPS) is 18.8. The minimum absolute atomic E-state index is 0.0541. The highest BCUT2D eigenvalue weighted by Gasteiger charge is 2.28. The van der Waals surface area contributed by atoms with E-state index in [-0.39, 0.29) is 11.9 Å². The lowest BCUT2D eigenvalue weighted by Gasteiger charge is -2.21. The molecule has 0 spiro atoms. The van der Waals surface area contributed by atoms with E-state index in [2.05, 4.69) is 11.4 Å². The zero-order valence-corrected chi connectivity index (χ0v) is 10.7. The molecule has 3 heteroatoms. The lowest BCUT2D eigenvalue weighted by Crippen LogP contribution is -2.25. The van der Waals surface area contributed by atoms with Crippen LogP contribution in [0.3, 0.4) is 0 Å². The molecule has 0 saturated heterocycles. The van der Waals surface area contributed by atoms with Crippen LogP contribution in [0.5, 0.6) is 0 Å². The van der Waals surface area contributed by atoms with Crippen molar-refractivity contribution in [3.63, 3.8) is 0 Å². The zero-order chi connectivity index (χ0) is 13.4. The third-order valence-corrected chi connectivity index (χ3v) is 3.73. The van der Waals surface area contributed by atoms with Gasteiger partial charge in [0.15, 0.2) is 0 Å². The molecule has 98 valence electrons. The molecule has 2 atom stereocenters. The molecule has 2 aromatic rings. The van der Waals surface area contributed by atoms with E-state index in [1.54, 1.807) is 6.07 Å². The first-order chi connectivity index (χ1) is 9.15. The summed E-state index contributed by atoms with van der Waals surface area (Å²) < 4.78 is 13.1. The minimum Gasteiger partial charge on any atom is -0.386 e. The van der Waals surface area contributed by atoms with E-state index < -0.39 is 6.10 Å². The van der Waals surface area contributed by atoms with Gasteiger partial charge in [-0.15, -0.1) is 0 Å². The summed E-state index contributed by atoms with van der Waals surface area (Å²) in [6, 6.07) is 12.5. The zero-order valence-electron chi connectivity index (χ0n) is 10.7. The summed E-state index contributed by atoms with van der Waals surface area (Å²) >= 11 is 0. The van der Waals surface area contributed by atoms with E-state index in [1.807, 2.05) is 25.1 Å². The second-order valence-electron chi connectivity index (χ2n) is 5.06. The number of aliphatic hydroxyl groups is 1. The quantitative estimate of drug-likeness (QED) is 0.866. The Bertz CT molecular complexity index is 586. The molecule has 3 rings (SSSR count). The van der Waals surface area contributed by atoms with Gasteiger partial charge in [0.1, 0.15) is 5.82 Å². The number of aliphatic hydroxyl groups excluding tert-OH is 1. The van der Waals surface area contributed by atoms with E-state index in [9.17, 15) is 9.50 Å². The molecule has 2 aromatic carbocycles. The van der Waals surface area contributed by atoms with Crippen LogP contribution in [0.4, 0.5) is 10.1 Å². The maximum Gasteiger partial charge on any atom is 0.123 e. The van der Waals surface area contributed by atoms with E-state index in [4.69, 9.17) is 0 Å². The second kappa shape index (κ2) is 4.67. The second-order valence-corrected chi connectivity index (χ2v) is 5.06. The van der Waals surface area contributed by atoms with E-state index >= 15 is 0 Å². The maximum atomic E-state index is 13.1. The van der Waals surface area contributed by atoms with Gasteiger partial charge in [-0.1, -0.05) is 24.3 Å². The van der Waals surface area contributed by atoms with Gasteiger partial charge in [0.05, 0.1) is 12.1 Å². The van der Waals surface area contributed by atoms with Crippen molar-refractivity contribution in [2.45, 2.75) is 25.5 Å². The standard InChI is InChI=1S/C16H16FNO/c1-10-8-12(17)6-7-13(10)16(19)15-9-11-4-2-3-5-14(11)18-15/h2-8,15-16,18-19H,9H2,1H3. The van der Waals surface area contributed by atoms with Gasteiger partial charge in [0.25, 0.3) is 0 Å². The summed E-state index contributed by atoms with van der Waals surface area (Å²) in [7, 11) is 0. The molecule has 0 saturated carbocycles. The molecule has 2 N–H and O–H groups in total. The Balaban J connectivity index is 1.85. The summed E-state index contributed by atoms with van der Waals surface area (Å²) in [5, 5.41) is 13.8. The Kier molecular flexibility index (Phi) is 2.99. The molecule has 1 heterocycles. The fraction of sp³-hybridized carbons (Fsp3) is 0.250. The van der Waals surface area contributed by atoms with Crippen molar-refractivity contribution in [1.29, 1.82) is 0 Å². The molecule has 0 fully saturated rings. The number of fused-ring (bicyclic) bond motifs is 1. The number of benzene rings is 2. The fourth-order valence-corrected chi connectivity index (χ4v) is 2.71. The molecule has 1 aliphatic rings. The molecule has 0 bridgehead atoms. The van der Waals surface area contributed by atoms with Crippen molar-refractivity contribution in [2.24, 2.45) is 0 Å². The summed E-state index contributed by atoms with van der Waals surface area (Å²) in [6.07, 6.45) is 0.154. The van der Waals surface area contributed by atoms with Gasteiger partial charge in [-0.2, -0.15) is 0 Å². The van der Waals surface area contributed by atoms with Gasteiger partial charge in [-0.25, -0.2) is 4.39 Å². The molecule has 2 nitrogen and oxygen atoms in total. The number of para-hydroxylation sites is 1. The highest BCUT2D eigenvalue weighted by Crippen LogP contribution is 2.32. The van der Waals surface area contributed by atoms with Gasteiger partial charge >= 0.3 is 0 Å². The summed E-state index contributed by atoms with van der Waals surface area (Å²) in [5.74, 6) is -0.267. The van der Waals surface area contributed by atoms with Crippen molar-refractivity contribution in [1.82, 2.24) is 0 Å². The Morgan fingerprint density at radius 3 is 2.79 bits per heavy atom. The van der Waals surface area contributed by atoms with Crippen molar-refractivity contribution in [3.8, 4) is 0 Å². The minimum atomic E-state index is -0.631. The lowest BCUT2D eigenvalue weighted by atomic mass is 9.96.